The van der Waals surface area contributed by atoms with Crippen LogP contribution in [0, 0.1) is 6.92 Å². The molecule has 1 amide bonds. The maximum absolute atomic E-state index is 13.4. The highest BCUT2D eigenvalue weighted by atomic mass is 32.2. The van der Waals surface area contributed by atoms with Crippen LogP contribution in [-0.2, 0) is 16.1 Å². The largest absolute Gasteiger partial charge is 0.480 e. The molecule has 6 nitrogen and oxygen atoms in total. The van der Waals surface area contributed by atoms with Crippen molar-refractivity contribution in [1.82, 2.24) is 5.32 Å². The second kappa shape index (κ2) is 15.7. The molecule has 0 bridgehead atoms. The molecule has 220 valence electrons. The molecule has 2 N–H and O–H groups in total. The highest BCUT2D eigenvalue weighted by Crippen LogP contribution is 2.32. The van der Waals surface area contributed by atoms with Gasteiger partial charge in [-0.3, -0.25) is 4.79 Å². The minimum absolute atomic E-state index is 0.245. The lowest BCUT2D eigenvalue weighted by Crippen LogP contribution is -2.41. The van der Waals surface area contributed by atoms with Crippen molar-refractivity contribution < 1.29 is 23.8 Å². The summed E-state index contributed by atoms with van der Waals surface area (Å²) in [6, 6.07) is 26.5. The Labute approximate surface area is 256 Å². The molecule has 0 spiro atoms. The number of nitrogens with one attached hydrogen (secondary N) is 1. The molecule has 42 heavy (non-hydrogen) atoms. The molecule has 0 aliphatic rings. The third-order valence-corrected chi connectivity index (χ3v) is 8.50. The van der Waals surface area contributed by atoms with E-state index in [4.69, 9.17) is 9.15 Å². The van der Waals surface area contributed by atoms with E-state index in [0.29, 0.717) is 24.3 Å². The first-order valence-electron chi connectivity index (χ1n) is 14.0. The normalized spacial score (nSPS) is 12.5. The topological polar surface area (TPSA) is 88.8 Å². The molecule has 0 saturated carbocycles. The number of amides is 1. The molecule has 1 heterocycles. The Morgan fingerprint density at radius 3 is 2.45 bits per heavy atom. The van der Waals surface area contributed by atoms with Gasteiger partial charge in [-0.25, -0.2) is 4.79 Å². The number of ether oxygens (including phenoxy) is 1. The maximum Gasteiger partial charge on any atom is 0.326 e. The monoisotopic (exact) mass is 603 g/mol. The lowest BCUT2D eigenvalue weighted by Gasteiger charge is -2.19. The van der Waals surface area contributed by atoms with Crippen molar-refractivity contribution in [2.24, 2.45) is 0 Å². The van der Waals surface area contributed by atoms with Crippen LogP contribution in [0.1, 0.15) is 46.7 Å². The quantitative estimate of drug-likeness (QED) is 0.143. The number of carboxylic acids is 1. The molecule has 4 aromatic rings. The van der Waals surface area contributed by atoms with Crippen molar-refractivity contribution in [2.45, 2.75) is 39.0 Å². The van der Waals surface area contributed by atoms with Crippen molar-refractivity contribution in [3.05, 3.63) is 107 Å². The molecule has 0 unspecified atom stereocenters. The van der Waals surface area contributed by atoms with Crippen molar-refractivity contribution >= 4 is 35.4 Å². The van der Waals surface area contributed by atoms with Gasteiger partial charge in [-0.15, -0.1) is 0 Å². The van der Waals surface area contributed by atoms with Gasteiger partial charge in [-0.2, -0.15) is 23.5 Å². The zero-order chi connectivity index (χ0) is 29.9. The third-order valence-electron chi connectivity index (χ3n) is 6.90. The van der Waals surface area contributed by atoms with Crippen LogP contribution in [-0.4, -0.2) is 46.5 Å². The Balaban J connectivity index is 1.59. The van der Waals surface area contributed by atoms with Crippen LogP contribution < -0.4 is 5.32 Å². The van der Waals surface area contributed by atoms with Crippen molar-refractivity contribution in [3.8, 4) is 22.5 Å². The molecule has 0 radical (unpaired) electrons. The number of hydrogen-bond acceptors (Lipinski definition) is 6. The maximum atomic E-state index is 13.4. The molecule has 0 aliphatic carbocycles. The zero-order valence-electron chi connectivity index (χ0n) is 24.2. The number of carboxylic acid groups (broad SMARTS) is 1. The average Bonchev–Trinajstić information content (AvgIpc) is 3.50. The summed E-state index contributed by atoms with van der Waals surface area (Å²) in [7, 11) is 0. The summed E-state index contributed by atoms with van der Waals surface area (Å²) < 4.78 is 12.7. The minimum Gasteiger partial charge on any atom is -0.480 e. The Morgan fingerprint density at radius 2 is 1.74 bits per heavy atom. The first-order valence-corrected chi connectivity index (χ1v) is 16.5. The molecular formula is C34H37NO5S2. The standard InChI is InChI=1S/C34H37NO5S2/c1-4-42-22-32(31-17-16-30(40-31)25-11-6-5-7-12-25)39-21-24-14-15-27(28(20-24)26-13-9-8-10-23(26)2)33(36)35-29(34(37)38)18-19-41-3/h5-17,20,29,32H,4,18-19,21-22H2,1-3H3,(H,35,36)(H,37,38)/t29-,32+/m0/s1. The lowest BCUT2D eigenvalue weighted by atomic mass is 9.93. The molecule has 0 fully saturated rings. The van der Waals surface area contributed by atoms with Crippen LogP contribution in [0.25, 0.3) is 22.5 Å². The minimum atomic E-state index is -1.04. The predicted octanol–water partition coefficient (Wildman–Crippen LogP) is 7.87. The van der Waals surface area contributed by atoms with E-state index in [9.17, 15) is 14.7 Å². The highest BCUT2D eigenvalue weighted by Gasteiger charge is 2.23. The Hall–Kier alpha value is -3.46. The molecule has 0 aliphatic heterocycles. The summed E-state index contributed by atoms with van der Waals surface area (Å²) in [4.78, 5) is 25.2. The molecule has 1 aromatic heterocycles. The summed E-state index contributed by atoms with van der Waals surface area (Å²) in [6.45, 7) is 4.44. The summed E-state index contributed by atoms with van der Waals surface area (Å²) in [5.41, 5.74) is 5.02. The number of thioether (sulfide) groups is 2. The summed E-state index contributed by atoms with van der Waals surface area (Å²) in [5.74, 6) is 2.47. The van der Waals surface area contributed by atoms with E-state index in [-0.39, 0.29) is 6.10 Å². The van der Waals surface area contributed by atoms with E-state index >= 15 is 0 Å². The van der Waals surface area contributed by atoms with E-state index in [2.05, 4.69) is 12.2 Å². The van der Waals surface area contributed by atoms with Gasteiger partial charge in [-0.05, 0) is 77.6 Å². The van der Waals surface area contributed by atoms with Gasteiger partial charge in [0.15, 0.2) is 0 Å². The molecule has 2 atom stereocenters. The molecule has 0 saturated heterocycles. The first kappa shape index (κ1) is 31.5. The SMILES string of the molecule is CCSC[C@@H](OCc1ccc(C(=O)N[C@@H](CCSC)C(=O)O)c(-c2ccccc2C)c1)c1ccc(-c2ccccc2)o1. The molecular weight excluding hydrogens is 567 g/mol. The van der Waals surface area contributed by atoms with Crippen LogP contribution in [0.2, 0.25) is 0 Å². The third kappa shape index (κ3) is 8.31. The van der Waals surface area contributed by atoms with Crippen molar-refractivity contribution in [3.63, 3.8) is 0 Å². The number of rotatable bonds is 15. The average molecular weight is 604 g/mol. The summed E-state index contributed by atoms with van der Waals surface area (Å²) >= 11 is 3.33. The lowest BCUT2D eigenvalue weighted by molar-refractivity contribution is -0.139. The van der Waals surface area contributed by atoms with Gasteiger partial charge in [0.05, 0.1) is 6.61 Å². The number of aliphatic carboxylic acids is 1. The number of aryl methyl sites for hydroxylation is 1. The second-order valence-corrected chi connectivity index (χ2v) is 12.2. The zero-order valence-corrected chi connectivity index (χ0v) is 25.8. The van der Waals surface area contributed by atoms with Gasteiger partial charge in [0.25, 0.3) is 5.91 Å². The molecule has 8 heteroatoms. The fraction of sp³-hybridized carbons (Fsp3) is 0.294. The Kier molecular flexibility index (Phi) is 11.7. The summed E-state index contributed by atoms with van der Waals surface area (Å²) in [5, 5.41) is 12.4. The van der Waals surface area contributed by atoms with Crippen molar-refractivity contribution in [2.75, 3.05) is 23.5 Å². The van der Waals surface area contributed by atoms with Gasteiger partial charge in [0.1, 0.15) is 23.7 Å². The van der Waals surface area contributed by atoms with Crippen LogP contribution in [0.5, 0.6) is 0 Å². The van der Waals surface area contributed by atoms with Crippen molar-refractivity contribution in [1.29, 1.82) is 0 Å². The Bertz CT molecular complexity index is 1470. The fourth-order valence-electron chi connectivity index (χ4n) is 4.62. The van der Waals surface area contributed by atoms with E-state index in [1.54, 1.807) is 29.6 Å². The summed E-state index contributed by atoms with van der Waals surface area (Å²) in [6.07, 6.45) is 2.02. The van der Waals surface area contributed by atoms with Crippen LogP contribution in [0.3, 0.4) is 0 Å². The van der Waals surface area contributed by atoms with Crippen LogP contribution >= 0.6 is 23.5 Å². The number of furan rings is 1. The Morgan fingerprint density at radius 1 is 0.976 bits per heavy atom. The number of carbonyl (C=O) groups is 2. The predicted molar refractivity (Wildman–Crippen MR) is 173 cm³/mol. The number of carbonyl (C=O) groups excluding carboxylic acids is 1. The highest BCUT2D eigenvalue weighted by molar-refractivity contribution is 7.99. The van der Waals surface area contributed by atoms with E-state index in [0.717, 1.165) is 50.8 Å². The first-order chi connectivity index (χ1) is 20.4. The smallest absolute Gasteiger partial charge is 0.326 e. The van der Waals surface area contributed by atoms with E-state index in [1.807, 2.05) is 92.0 Å². The number of hydrogen-bond donors (Lipinski definition) is 2. The van der Waals surface area contributed by atoms with Gasteiger partial charge in [0.2, 0.25) is 0 Å². The molecule has 3 aromatic carbocycles. The van der Waals surface area contributed by atoms with Gasteiger partial charge in [0, 0.05) is 16.9 Å². The van der Waals surface area contributed by atoms with Gasteiger partial charge < -0.3 is 19.6 Å². The fourth-order valence-corrected chi connectivity index (χ4v) is 5.81. The van der Waals surface area contributed by atoms with Crippen LogP contribution in [0.4, 0.5) is 0 Å². The number of benzene rings is 3. The van der Waals surface area contributed by atoms with Gasteiger partial charge in [-0.1, -0.05) is 67.6 Å². The molecule has 4 rings (SSSR count). The van der Waals surface area contributed by atoms with E-state index in [1.165, 1.54) is 0 Å². The second-order valence-electron chi connectivity index (χ2n) is 9.87. The van der Waals surface area contributed by atoms with Gasteiger partial charge >= 0.3 is 5.97 Å². The van der Waals surface area contributed by atoms with E-state index < -0.39 is 17.9 Å². The van der Waals surface area contributed by atoms with Crippen LogP contribution in [0.15, 0.2) is 89.3 Å².